The molecule has 0 aromatic heterocycles. The molecule has 1 aromatic carbocycles. The van der Waals surface area contributed by atoms with E-state index < -0.39 is 0 Å². The minimum atomic E-state index is -0.106. The highest BCUT2D eigenvalue weighted by atomic mass is 16.5. The summed E-state index contributed by atoms with van der Waals surface area (Å²) in [5, 5.41) is 0. The molecule has 2 N–H and O–H groups in total. The summed E-state index contributed by atoms with van der Waals surface area (Å²) in [7, 11) is 0. The Hall–Kier alpha value is -1.02. The van der Waals surface area contributed by atoms with Gasteiger partial charge in [0.1, 0.15) is 5.75 Å². The molecule has 0 atom stereocenters. The summed E-state index contributed by atoms with van der Waals surface area (Å²) < 4.78 is 5.90. The molecule has 0 radical (unpaired) electrons. The monoisotopic (exact) mass is 203 g/mol. The third kappa shape index (κ3) is 1.63. The maximum atomic E-state index is 6.34. The van der Waals surface area contributed by atoms with Gasteiger partial charge in [-0.2, -0.15) is 0 Å². The van der Waals surface area contributed by atoms with Crippen molar-refractivity contribution in [1.29, 1.82) is 0 Å². The van der Waals surface area contributed by atoms with Crippen LogP contribution in [0, 0.1) is 0 Å². The maximum Gasteiger partial charge on any atom is 0.124 e. The average Bonchev–Trinajstić information content (AvgIpc) is 2.99. The van der Waals surface area contributed by atoms with Crippen molar-refractivity contribution < 1.29 is 4.74 Å². The molecule has 2 fully saturated rings. The van der Waals surface area contributed by atoms with E-state index >= 15 is 0 Å². The first-order valence-electron chi connectivity index (χ1n) is 5.83. The first-order valence-corrected chi connectivity index (χ1v) is 5.83. The van der Waals surface area contributed by atoms with Gasteiger partial charge in [-0.05, 0) is 38.2 Å². The van der Waals surface area contributed by atoms with E-state index in [1.54, 1.807) is 0 Å². The van der Waals surface area contributed by atoms with Crippen LogP contribution in [0.25, 0.3) is 0 Å². The van der Waals surface area contributed by atoms with E-state index in [9.17, 15) is 0 Å². The van der Waals surface area contributed by atoms with Gasteiger partial charge < -0.3 is 10.5 Å². The zero-order valence-corrected chi connectivity index (χ0v) is 8.91. The van der Waals surface area contributed by atoms with Crippen LogP contribution in [0.3, 0.4) is 0 Å². The van der Waals surface area contributed by atoms with Gasteiger partial charge in [-0.15, -0.1) is 0 Å². The molecule has 0 saturated heterocycles. The summed E-state index contributed by atoms with van der Waals surface area (Å²) in [6.07, 6.45) is 6.29. The van der Waals surface area contributed by atoms with Gasteiger partial charge in [0.05, 0.1) is 6.10 Å². The Labute approximate surface area is 90.4 Å². The molecule has 2 aliphatic rings. The van der Waals surface area contributed by atoms with Crippen LogP contribution < -0.4 is 10.5 Å². The minimum absolute atomic E-state index is 0.106. The summed E-state index contributed by atoms with van der Waals surface area (Å²) in [6, 6.07) is 8.27. The molecule has 2 nitrogen and oxygen atoms in total. The Kier molecular flexibility index (Phi) is 1.99. The standard InChI is InChI=1S/C13H17NO/c14-13(8-3-9-13)11-4-1-2-5-12(11)15-10-6-7-10/h1-2,4-5,10H,3,6-9,14H2. The fourth-order valence-corrected chi connectivity index (χ4v) is 2.17. The highest BCUT2D eigenvalue weighted by Gasteiger charge is 2.37. The van der Waals surface area contributed by atoms with Crippen molar-refractivity contribution >= 4 is 0 Å². The van der Waals surface area contributed by atoms with Gasteiger partial charge >= 0.3 is 0 Å². The smallest absolute Gasteiger partial charge is 0.124 e. The van der Waals surface area contributed by atoms with Crippen LogP contribution in [0.4, 0.5) is 0 Å². The van der Waals surface area contributed by atoms with Crippen molar-refractivity contribution in [3.8, 4) is 5.75 Å². The number of hydrogen-bond acceptors (Lipinski definition) is 2. The van der Waals surface area contributed by atoms with Crippen LogP contribution in [0.1, 0.15) is 37.7 Å². The number of ether oxygens (including phenoxy) is 1. The van der Waals surface area contributed by atoms with E-state index in [1.165, 1.54) is 24.8 Å². The Morgan fingerprint density at radius 2 is 1.93 bits per heavy atom. The van der Waals surface area contributed by atoms with E-state index in [4.69, 9.17) is 10.5 Å². The van der Waals surface area contributed by atoms with Gasteiger partial charge in [-0.1, -0.05) is 18.2 Å². The number of benzene rings is 1. The Bertz CT molecular complexity index is 367. The van der Waals surface area contributed by atoms with Crippen molar-refractivity contribution in [2.24, 2.45) is 5.73 Å². The fraction of sp³-hybridized carbons (Fsp3) is 0.538. The highest BCUT2D eigenvalue weighted by Crippen LogP contribution is 2.43. The molecule has 0 spiro atoms. The second kappa shape index (κ2) is 3.24. The molecule has 0 heterocycles. The Morgan fingerprint density at radius 3 is 2.53 bits per heavy atom. The molecule has 0 bridgehead atoms. The molecule has 80 valence electrons. The van der Waals surface area contributed by atoms with Crippen LogP contribution in [0.2, 0.25) is 0 Å². The van der Waals surface area contributed by atoms with Crippen LogP contribution >= 0.6 is 0 Å². The largest absolute Gasteiger partial charge is 0.490 e. The third-order valence-corrected chi connectivity index (χ3v) is 3.49. The van der Waals surface area contributed by atoms with Crippen LogP contribution in [-0.4, -0.2) is 6.10 Å². The molecule has 2 saturated carbocycles. The van der Waals surface area contributed by atoms with E-state index in [0.717, 1.165) is 18.6 Å². The van der Waals surface area contributed by atoms with E-state index in [1.807, 2.05) is 6.07 Å². The van der Waals surface area contributed by atoms with E-state index in [-0.39, 0.29) is 5.54 Å². The van der Waals surface area contributed by atoms with Crippen molar-refractivity contribution in [2.75, 3.05) is 0 Å². The van der Waals surface area contributed by atoms with Crippen LogP contribution in [-0.2, 0) is 5.54 Å². The van der Waals surface area contributed by atoms with Gasteiger partial charge in [-0.25, -0.2) is 0 Å². The first-order chi connectivity index (χ1) is 7.28. The van der Waals surface area contributed by atoms with Crippen molar-refractivity contribution in [2.45, 2.75) is 43.7 Å². The number of nitrogens with two attached hydrogens (primary N) is 1. The second-order valence-corrected chi connectivity index (χ2v) is 4.82. The number of hydrogen-bond donors (Lipinski definition) is 1. The molecule has 2 aliphatic carbocycles. The molecule has 0 amide bonds. The van der Waals surface area contributed by atoms with Gasteiger partial charge in [0.15, 0.2) is 0 Å². The van der Waals surface area contributed by atoms with E-state index in [2.05, 4.69) is 18.2 Å². The van der Waals surface area contributed by atoms with E-state index in [0.29, 0.717) is 6.10 Å². The number of rotatable bonds is 3. The minimum Gasteiger partial charge on any atom is -0.490 e. The predicted octanol–water partition coefficient (Wildman–Crippen LogP) is 2.57. The summed E-state index contributed by atoms with van der Waals surface area (Å²) in [6.45, 7) is 0. The highest BCUT2D eigenvalue weighted by molar-refractivity contribution is 5.40. The van der Waals surface area contributed by atoms with Crippen molar-refractivity contribution in [3.63, 3.8) is 0 Å². The van der Waals surface area contributed by atoms with Gasteiger partial charge in [0, 0.05) is 11.1 Å². The molecular formula is C13H17NO. The average molecular weight is 203 g/mol. The lowest BCUT2D eigenvalue weighted by Gasteiger charge is -2.39. The normalized spacial score (nSPS) is 23.3. The molecule has 2 heteroatoms. The maximum absolute atomic E-state index is 6.34. The summed E-state index contributed by atoms with van der Waals surface area (Å²) >= 11 is 0. The first kappa shape index (κ1) is 9.22. The summed E-state index contributed by atoms with van der Waals surface area (Å²) in [5.74, 6) is 1.02. The van der Waals surface area contributed by atoms with Gasteiger partial charge in [-0.3, -0.25) is 0 Å². The molecule has 1 aromatic rings. The Balaban J connectivity index is 1.90. The third-order valence-electron chi connectivity index (χ3n) is 3.49. The molecule has 3 rings (SSSR count). The zero-order valence-electron chi connectivity index (χ0n) is 8.91. The lowest BCUT2D eigenvalue weighted by atomic mass is 9.72. The predicted molar refractivity (Wildman–Crippen MR) is 59.8 cm³/mol. The summed E-state index contributed by atoms with van der Waals surface area (Å²) in [5.41, 5.74) is 7.45. The molecule has 0 aliphatic heterocycles. The van der Waals surface area contributed by atoms with Crippen LogP contribution in [0.5, 0.6) is 5.75 Å². The molecule has 0 unspecified atom stereocenters. The lowest BCUT2D eigenvalue weighted by Crippen LogP contribution is -2.43. The Morgan fingerprint density at radius 1 is 1.20 bits per heavy atom. The molecule has 15 heavy (non-hydrogen) atoms. The summed E-state index contributed by atoms with van der Waals surface area (Å²) in [4.78, 5) is 0. The lowest BCUT2D eigenvalue weighted by molar-refractivity contribution is 0.231. The second-order valence-electron chi connectivity index (χ2n) is 4.82. The zero-order chi connectivity index (χ0) is 10.3. The molecular weight excluding hydrogens is 186 g/mol. The van der Waals surface area contributed by atoms with Gasteiger partial charge in [0.2, 0.25) is 0 Å². The number of para-hydroxylation sites is 1. The van der Waals surface area contributed by atoms with Crippen LogP contribution in [0.15, 0.2) is 24.3 Å². The van der Waals surface area contributed by atoms with Crippen molar-refractivity contribution in [1.82, 2.24) is 0 Å². The fourth-order valence-electron chi connectivity index (χ4n) is 2.17. The topological polar surface area (TPSA) is 35.2 Å². The van der Waals surface area contributed by atoms with Crippen molar-refractivity contribution in [3.05, 3.63) is 29.8 Å². The quantitative estimate of drug-likeness (QED) is 0.819. The van der Waals surface area contributed by atoms with Gasteiger partial charge in [0.25, 0.3) is 0 Å². The SMILES string of the molecule is NC1(c2ccccc2OC2CC2)CCC1.